The molecular weight excluding hydrogens is 446 g/mol. The van der Waals surface area contributed by atoms with E-state index in [0.29, 0.717) is 16.3 Å². The van der Waals surface area contributed by atoms with Crippen LogP contribution in [0.4, 0.5) is 0 Å². The molecule has 154 valence electrons. The Labute approximate surface area is 173 Å². The average molecular weight is 466 g/mol. The van der Waals surface area contributed by atoms with Gasteiger partial charge in [0.1, 0.15) is 0 Å². The highest BCUT2D eigenvalue weighted by molar-refractivity contribution is 7.89. The first-order valence-corrected chi connectivity index (χ1v) is 12.7. The van der Waals surface area contributed by atoms with Crippen LogP contribution in [0.1, 0.15) is 14.5 Å². The molecule has 1 amide bonds. The van der Waals surface area contributed by atoms with Gasteiger partial charge in [-0.05, 0) is 36.8 Å². The zero-order valence-electron chi connectivity index (χ0n) is 14.9. The Kier molecular flexibility index (Phi) is 7.98. The number of halogens is 1. The van der Waals surface area contributed by atoms with Crippen LogP contribution >= 0.6 is 22.9 Å². The highest BCUT2D eigenvalue weighted by Gasteiger charge is 2.14. The second kappa shape index (κ2) is 9.81. The van der Waals surface area contributed by atoms with E-state index in [2.05, 4.69) is 14.8 Å². The maximum Gasteiger partial charge on any atom is 0.261 e. The minimum atomic E-state index is -3.70. The van der Waals surface area contributed by atoms with E-state index in [4.69, 9.17) is 11.6 Å². The Morgan fingerprint density at radius 1 is 1.04 bits per heavy atom. The lowest BCUT2D eigenvalue weighted by Crippen LogP contribution is -2.34. The van der Waals surface area contributed by atoms with Gasteiger partial charge in [-0.2, -0.15) is 0 Å². The van der Waals surface area contributed by atoms with E-state index >= 15 is 0 Å². The summed E-state index contributed by atoms with van der Waals surface area (Å²) in [4.78, 5) is 13.5. The van der Waals surface area contributed by atoms with E-state index in [1.54, 1.807) is 24.3 Å². The van der Waals surface area contributed by atoms with Gasteiger partial charge in [0.25, 0.3) is 5.91 Å². The summed E-state index contributed by atoms with van der Waals surface area (Å²) in [5.74, 6) is -0.325. The molecular formula is C16H20ClN3O5S3. The van der Waals surface area contributed by atoms with Crippen molar-refractivity contribution < 1.29 is 21.6 Å². The molecule has 0 bridgehead atoms. The molecule has 1 aromatic carbocycles. The van der Waals surface area contributed by atoms with Crippen molar-refractivity contribution in [2.75, 3.05) is 25.9 Å². The SMILES string of the molecule is CS(=O)(=O)NCCc1ccc(C(=O)NCCNS(=O)(=O)c2cccc(Cl)c2)s1. The van der Waals surface area contributed by atoms with Crippen molar-refractivity contribution in [2.45, 2.75) is 11.3 Å². The van der Waals surface area contributed by atoms with Crippen LogP contribution in [0.2, 0.25) is 5.02 Å². The van der Waals surface area contributed by atoms with E-state index in [9.17, 15) is 21.6 Å². The standard InChI is InChI=1S/C16H20ClN3O5S3/c1-27(22,23)19-8-7-13-5-6-15(26-13)16(21)18-9-10-20-28(24,25)14-4-2-3-12(17)11-14/h2-6,11,19-20H,7-10H2,1H3,(H,18,21). The minimum absolute atomic E-state index is 0.0249. The van der Waals surface area contributed by atoms with Crippen molar-refractivity contribution in [3.63, 3.8) is 0 Å². The van der Waals surface area contributed by atoms with Gasteiger partial charge in [-0.15, -0.1) is 11.3 Å². The monoisotopic (exact) mass is 465 g/mol. The number of amides is 1. The van der Waals surface area contributed by atoms with Gasteiger partial charge in [0.05, 0.1) is 16.0 Å². The molecule has 0 radical (unpaired) electrons. The quantitative estimate of drug-likeness (QED) is 0.455. The predicted molar refractivity (Wildman–Crippen MR) is 110 cm³/mol. The fourth-order valence-electron chi connectivity index (χ4n) is 2.16. The van der Waals surface area contributed by atoms with E-state index in [1.165, 1.54) is 23.5 Å². The number of benzene rings is 1. The predicted octanol–water partition coefficient (Wildman–Crippen LogP) is 1.20. The molecule has 0 saturated heterocycles. The summed E-state index contributed by atoms with van der Waals surface area (Å²) in [7, 11) is -6.94. The van der Waals surface area contributed by atoms with E-state index in [0.717, 1.165) is 11.1 Å². The molecule has 0 fully saturated rings. The highest BCUT2D eigenvalue weighted by atomic mass is 35.5. The topological polar surface area (TPSA) is 121 Å². The first-order valence-electron chi connectivity index (χ1n) is 8.13. The molecule has 0 atom stereocenters. The molecule has 0 aliphatic heterocycles. The number of nitrogens with one attached hydrogen (secondary N) is 3. The highest BCUT2D eigenvalue weighted by Crippen LogP contribution is 2.17. The first kappa shape index (κ1) is 22.8. The molecule has 1 heterocycles. The first-order chi connectivity index (χ1) is 13.1. The molecule has 12 heteroatoms. The summed E-state index contributed by atoms with van der Waals surface area (Å²) >= 11 is 7.05. The fourth-order valence-corrected chi connectivity index (χ4v) is 4.89. The van der Waals surface area contributed by atoms with Crippen LogP contribution in [-0.2, 0) is 26.5 Å². The Balaban J connectivity index is 1.78. The van der Waals surface area contributed by atoms with Crippen LogP contribution in [0, 0.1) is 0 Å². The smallest absolute Gasteiger partial charge is 0.261 e. The van der Waals surface area contributed by atoms with Gasteiger partial charge in [0.15, 0.2) is 0 Å². The van der Waals surface area contributed by atoms with E-state index < -0.39 is 20.0 Å². The summed E-state index contributed by atoms with van der Waals surface area (Å²) in [5, 5.41) is 2.95. The van der Waals surface area contributed by atoms with E-state index in [1.807, 2.05) is 0 Å². The van der Waals surface area contributed by atoms with Crippen LogP contribution in [0.25, 0.3) is 0 Å². The molecule has 2 aromatic rings. The lowest BCUT2D eigenvalue weighted by Gasteiger charge is -2.08. The summed E-state index contributed by atoms with van der Waals surface area (Å²) in [6.45, 7) is 0.393. The number of carbonyl (C=O) groups excluding carboxylic acids is 1. The molecule has 1 aromatic heterocycles. The zero-order valence-corrected chi connectivity index (χ0v) is 18.1. The van der Waals surface area contributed by atoms with Gasteiger partial charge in [0.2, 0.25) is 20.0 Å². The normalized spacial score (nSPS) is 12.1. The van der Waals surface area contributed by atoms with Crippen LogP contribution in [0.5, 0.6) is 0 Å². The molecule has 28 heavy (non-hydrogen) atoms. The summed E-state index contributed by atoms with van der Waals surface area (Å²) in [6, 6.07) is 9.29. The Morgan fingerprint density at radius 3 is 2.46 bits per heavy atom. The second-order valence-corrected chi connectivity index (χ2v) is 11.0. The lowest BCUT2D eigenvalue weighted by molar-refractivity contribution is 0.0958. The van der Waals surface area contributed by atoms with Gasteiger partial charge < -0.3 is 5.32 Å². The maximum absolute atomic E-state index is 12.1. The minimum Gasteiger partial charge on any atom is -0.350 e. The Morgan fingerprint density at radius 2 is 1.79 bits per heavy atom. The van der Waals surface area contributed by atoms with Crippen LogP contribution in [-0.4, -0.2) is 48.6 Å². The third-order valence-corrected chi connectivity index (χ3v) is 7.00. The van der Waals surface area contributed by atoms with Crippen LogP contribution in [0.3, 0.4) is 0 Å². The van der Waals surface area contributed by atoms with Crippen LogP contribution < -0.4 is 14.8 Å². The summed E-state index contributed by atoms with van der Waals surface area (Å²) in [6.07, 6.45) is 1.56. The Bertz CT molecular complexity index is 1040. The second-order valence-electron chi connectivity index (χ2n) is 5.79. The molecule has 8 nitrogen and oxygen atoms in total. The number of hydrogen-bond acceptors (Lipinski definition) is 6. The van der Waals surface area contributed by atoms with Gasteiger partial charge >= 0.3 is 0 Å². The van der Waals surface area contributed by atoms with Gasteiger partial charge in [-0.3, -0.25) is 4.79 Å². The number of rotatable bonds is 10. The molecule has 0 saturated carbocycles. The van der Waals surface area contributed by atoms with Gasteiger partial charge in [0, 0.05) is 29.5 Å². The zero-order chi connectivity index (χ0) is 20.8. The number of thiophene rings is 1. The maximum atomic E-state index is 12.1. The summed E-state index contributed by atoms with van der Waals surface area (Å²) in [5.41, 5.74) is 0. The van der Waals surface area contributed by atoms with Gasteiger partial charge in [-0.25, -0.2) is 26.3 Å². The molecule has 0 aliphatic rings. The van der Waals surface area contributed by atoms with Crippen molar-refractivity contribution in [1.29, 1.82) is 0 Å². The summed E-state index contributed by atoms with van der Waals surface area (Å²) < 4.78 is 51.1. The van der Waals surface area contributed by atoms with Crippen molar-refractivity contribution in [3.05, 3.63) is 51.2 Å². The Hall–Kier alpha value is -1.50. The molecule has 0 spiro atoms. The van der Waals surface area contributed by atoms with E-state index in [-0.39, 0.29) is 30.4 Å². The largest absolute Gasteiger partial charge is 0.350 e. The number of carbonyl (C=O) groups is 1. The fraction of sp³-hybridized carbons (Fsp3) is 0.312. The number of sulfonamides is 2. The average Bonchev–Trinajstić information content (AvgIpc) is 3.06. The van der Waals surface area contributed by atoms with Crippen LogP contribution in [0.15, 0.2) is 41.3 Å². The van der Waals surface area contributed by atoms with Crippen molar-refractivity contribution >= 4 is 48.9 Å². The molecule has 0 unspecified atom stereocenters. The molecule has 0 aliphatic carbocycles. The van der Waals surface area contributed by atoms with Crippen molar-refractivity contribution in [3.8, 4) is 0 Å². The molecule has 2 rings (SSSR count). The van der Waals surface area contributed by atoms with Crippen molar-refractivity contribution in [2.24, 2.45) is 0 Å². The molecule has 3 N–H and O–H groups in total. The lowest BCUT2D eigenvalue weighted by atomic mass is 10.3. The van der Waals surface area contributed by atoms with Crippen molar-refractivity contribution in [1.82, 2.24) is 14.8 Å². The van der Waals surface area contributed by atoms with Gasteiger partial charge in [-0.1, -0.05) is 17.7 Å². The third-order valence-electron chi connectivity index (χ3n) is 3.43. The third kappa shape index (κ3) is 7.49. The number of hydrogen-bond donors (Lipinski definition) is 3.